The Labute approximate surface area is 129 Å². The minimum Gasteiger partial charge on any atom is -0.375 e. The zero-order valence-electron chi connectivity index (χ0n) is 11.9. The standard InChI is InChI=1S/C13H21BrN2O3S/c1-4-19-13(2,3)9-16-20(17,18)12-7-10(8-15)5-6-11(12)14/h5-7,16H,4,8-9,15H2,1-3H3. The third-order valence-electron chi connectivity index (χ3n) is 2.74. The molecule has 0 atom stereocenters. The van der Waals surface area contributed by atoms with Gasteiger partial charge in [0.25, 0.3) is 0 Å². The van der Waals surface area contributed by atoms with Gasteiger partial charge >= 0.3 is 0 Å². The third-order valence-corrected chi connectivity index (χ3v) is 5.14. The Morgan fingerprint density at radius 2 is 2.05 bits per heavy atom. The van der Waals surface area contributed by atoms with Gasteiger partial charge in [-0.2, -0.15) is 0 Å². The van der Waals surface area contributed by atoms with Gasteiger partial charge in [0, 0.05) is 24.2 Å². The molecule has 0 aliphatic heterocycles. The molecule has 20 heavy (non-hydrogen) atoms. The van der Waals surface area contributed by atoms with Crippen LogP contribution in [0.2, 0.25) is 0 Å². The van der Waals surface area contributed by atoms with Crippen LogP contribution in [0, 0.1) is 0 Å². The second-order valence-electron chi connectivity index (χ2n) is 4.99. The quantitative estimate of drug-likeness (QED) is 0.775. The highest BCUT2D eigenvalue weighted by Gasteiger charge is 2.24. The Hall–Kier alpha value is -0.470. The largest absolute Gasteiger partial charge is 0.375 e. The average Bonchev–Trinajstić information content (AvgIpc) is 2.37. The van der Waals surface area contributed by atoms with Crippen molar-refractivity contribution in [3.05, 3.63) is 28.2 Å². The van der Waals surface area contributed by atoms with E-state index in [1.807, 2.05) is 20.8 Å². The molecule has 0 heterocycles. The summed E-state index contributed by atoms with van der Waals surface area (Å²) in [6, 6.07) is 5.04. The maximum Gasteiger partial charge on any atom is 0.241 e. The van der Waals surface area contributed by atoms with Crippen LogP contribution in [0.15, 0.2) is 27.6 Å². The number of ether oxygens (including phenoxy) is 1. The van der Waals surface area contributed by atoms with E-state index in [1.54, 1.807) is 18.2 Å². The Kier molecular flexibility index (Phi) is 6.15. The zero-order valence-corrected chi connectivity index (χ0v) is 14.3. The minimum absolute atomic E-state index is 0.188. The van der Waals surface area contributed by atoms with Gasteiger partial charge in [0.05, 0.1) is 10.5 Å². The highest BCUT2D eigenvalue weighted by atomic mass is 79.9. The van der Waals surface area contributed by atoms with Crippen LogP contribution in [0.3, 0.4) is 0 Å². The van der Waals surface area contributed by atoms with Crippen LogP contribution in [0.5, 0.6) is 0 Å². The van der Waals surface area contributed by atoms with E-state index in [-0.39, 0.29) is 11.4 Å². The van der Waals surface area contributed by atoms with Crippen LogP contribution in [-0.2, 0) is 21.3 Å². The number of hydrogen-bond donors (Lipinski definition) is 2. The molecule has 1 rings (SSSR count). The molecule has 0 spiro atoms. The number of sulfonamides is 1. The lowest BCUT2D eigenvalue weighted by Crippen LogP contribution is -2.40. The molecule has 0 amide bonds. The Morgan fingerprint density at radius 1 is 1.40 bits per heavy atom. The molecular weight excluding hydrogens is 344 g/mol. The van der Waals surface area contributed by atoms with Crippen molar-refractivity contribution in [1.29, 1.82) is 0 Å². The van der Waals surface area contributed by atoms with E-state index in [0.717, 1.165) is 5.56 Å². The molecule has 3 N–H and O–H groups in total. The average molecular weight is 365 g/mol. The molecule has 0 aliphatic carbocycles. The second kappa shape index (κ2) is 7.00. The summed E-state index contributed by atoms with van der Waals surface area (Å²) in [4.78, 5) is 0.188. The van der Waals surface area contributed by atoms with E-state index >= 15 is 0 Å². The van der Waals surface area contributed by atoms with E-state index in [0.29, 0.717) is 17.6 Å². The van der Waals surface area contributed by atoms with Gasteiger partial charge in [-0.05, 0) is 54.4 Å². The summed E-state index contributed by atoms with van der Waals surface area (Å²) in [6.45, 7) is 6.57. The van der Waals surface area contributed by atoms with Gasteiger partial charge in [0.1, 0.15) is 0 Å². The zero-order chi connectivity index (χ0) is 15.4. The molecule has 0 saturated carbocycles. The van der Waals surface area contributed by atoms with Crippen LogP contribution in [-0.4, -0.2) is 27.2 Å². The molecule has 0 radical (unpaired) electrons. The van der Waals surface area contributed by atoms with Crippen molar-refractivity contribution in [2.45, 2.75) is 37.8 Å². The first-order valence-electron chi connectivity index (χ1n) is 6.34. The van der Waals surface area contributed by atoms with Gasteiger partial charge < -0.3 is 10.5 Å². The predicted molar refractivity (Wildman–Crippen MR) is 82.9 cm³/mol. The summed E-state index contributed by atoms with van der Waals surface area (Å²) in [5.41, 5.74) is 5.75. The van der Waals surface area contributed by atoms with Crippen LogP contribution >= 0.6 is 15.9 Å². The Morgan fingerprint density at radius 3 is 2.60 bits per heavy atom. The maximum absolute atomic E-state index is 12.3. The van der Waals surface area contributed by atoms with Crippen molar-refractivity contribution in [3.8, 4) is 0 Å². The lowest BCUT2D eigenvalue weighted by atomic mass is 10.1. The summed E-state index contributed by atoms with van der Waals surface area (Å²) < 4.78 is 33.2. The van der Waals surface area contributed by atoms with Gasteiger partial charge in [0.15, 0.2) is 0 Å². The molecule has 5 nitrogen and oxygen atoms in total. The van der Waals surface area contributed by atoms with E-state index < -0.39 is 15.6 Å². The van der Waals surface area contributed by atoms with E-state index in [2.05, 4.69) is 20.7 Å². The first-order valence-corrected chi connectivity index (χ1v) is 8.61. The molecule has 0 bridgehead atoms. The third kappa shape index (κ3) is 4.82. The number of rotatable bonds is 7. The highest BCUT2D eigenvalue weighted by Crippen LogP contribution is 2.23. The molecule has 0 fully saturated rings. The smallest absolute Gasteiger partial charge is 0.241 e. The van der Waals surface area contributed by atoms with E-state index in [1.165, 1.54) is 0 Å². The molecule has 0 aromatic heterocycles. The van der Waals surface area contributed by atoms with Gasteiger partial charge in [-0.1, -0.05) is 6.07 Å². The predicted octanol–water partition coefficient (Wildman–Crippen LogP) is 2.00. The van der Waals surface area contributed by atoms with Crippen molar-refractivity contribution >= 4 is 26.0 Å². The molecule has 0 saturated heterocycles. The fourth-order valence-corrected chi connectivity index (χ4v) is 3.88. The van der Waals surface area contributed by atoms with Gasteiger partial charge in [-0.15, -0.1) is 0 Å². The van der Waals surface area contributed by atoms with Crippen molar-refractivity contribution in [3.63, 3.8) is 0 Å². The molecule has 1 aromatic rings. The first-order chi connectivity index (χ1) is 9.22. The van der Waals surface area contributed by atoms with Crippen LogP contribution in [0.25, 0.3) is 0 Å². The lowest BCUT2D eigenvalue weighted by Gasteiger charge is -2.25. The summed E-state index contributed by atoms with van der Waals surface area (Å²) in [7, 11) is -3.61. The topological polar surface area (TPSA) is 81.4 Å². The molecule has 0 aliphatic rings. The van der Waals surface area contributed by atoms with Crippen molar-refractivity contribution < 1.29 is 13.2 Å². The molecular formula is C13H21BrN2O3S. The van der Waals surface area contributed by atoms with Crippen molar-refractivity contribution in [2.24, 2.45) is 5.73 Å². The normalized spacial score (nSPS) is 12.7. The monoisotopic (exact) mass is 364 g/mol. The summed E-state index contributed by atoms with van der Waals surface area (Å²) in [6.07, 6.45) is 0. The fourth-order valence-electron chi connectivity index (χ4n) is 1.67. The van der Waals surface area contributed by atoms with Gasteiger partial charge in [-0.3, -0.25) is 0 Å². The number of nitrogens with two attached hydrogens (primary N) is 1. The summed E-state index contributed by atoms with van der Waals surface area (Å²) in [5, 5.41) is 0. The summed E-state index contributed by atoms with van der Waals surface area (Å²) in [5.74, 6) is 0. The SMILES string of the molecule is CCOC(C)(C)CNS(=O)(=O)c1cc(CN)ccc1Br. The number of benzene rings is 1. The minimum atomic E-state index is -3.61. The Balaban J connectivity index is 2.94. The lowest BCUT2D eigenvalue weighted by molar-refractivity contribution is -0.00515. The van der Waals surface area contributed by atoms with Gasteiger partial charge in [-0.25, -0.2) is 13.1 Å². The molecule has 7 heteroatoms. The van der Waals surface area contributed by atoms with Crippen molar-refractivity contribution in [1.82, 2.24) is 4.72 Å². The Bertz CT molecular complexity index is 559. The van der Waals surface area contributed by atoms with Crippen molar-refractivity contribution in [2.75, 3.05) is 13.2 Å². The number of hydrogen-bond acceptors (Lipinski definition) is 4. The second-order valence-corrected chi connectivity index (χ2v) is 7.58. The van der Waals surface area contributed by atoms with E-state index in [9.17, 15) is 8.42 Å². The molecule has 114 valence electrons. The number of nitrogens with one attached hydrogen (secondary N) is 1. The highest BCUT2D eigenvalue weighted by molar-refractivity contribution is 9.10. The fraction of sp³-hybridized carbons (Fsp3) is 0.538. The van der Waals surface area contributed by atoms with Crippen LogP contribution in [0.4, 0.5) is 0 Å². The van der Waals surface area contributed by atoms with Crippen LogP contribution in [0.1, 0.15) is 26.3 Å². The maximum atomic E-state index is 12.3. The van der Waals surface area contributed by atoms with Crippen LogP contribution < -0.4 is 10.5 Å². The first kappa shape index (κ1) is 17.6. The molecule has 1 aromatic carbocycles. The number of halogens is 1. The molecule has 0 unspecified atom stereocenters. The van der Waals surface area contributed by atoms with E-state index in [4.69, 9.17) is 10.5 Å². The summed E-state index contributed by atoms with van der Waals surface area (Å²) >= 11 is 3.26. The van der Waals surface area contributed by atoms with Gasteiger partial charge in [0.2, 0.25) is 10.0 Å².